The first-order valence-electron chi connectivity index (χ1n) is 8.80. The molecule has 0 amide bonds. The van der Waals surface area contributed by atoms with Crippen molar-refractivity contribution in [2.45, 2.75) is 36.3 Å². The molecule has 1 N–H and O–H groups in total. The van der Waals surface area contributed by atoms with Gasteiger partial charge >= 0.3 is 18.3 Å². The summed E-state index contributed by atoms with van der Waals surface area (Å²) in [5.41, 5.74) is -0.187. The molecule has 5 nitrogen and oxygen atoms in total. The molecule has 2 rings (SSSR count). The molecule has 0 heterocycles. The van der Waals surface area contributed by atoms with Crippen molar-refractivity contribution in [1.29, 1.82) is 0 Å². The number of carbonyl (C=O) groups excluding carboxylic acids is 1. The van der Waals surface area contributed by atoms with E-state index in [2.05, 4.69) is 16.0 Å². The maximum absolute atomic E-state index is 12.8. The van der Waals surface area contributed by atoms with Crippen LogP contribution in [0.1, 0.15) is 17.2 Å². The average Bonchev–Trinajstić information content (AvgIpc) is 2.69. The summed E-state index contributed by atoms with van der Waals surface area (Å²) < 4.78 is 108. The molecule has 0 aliphatic rings. The van der Waals surface area contributed by atoms with E-state index < -0.39 is 46.1 Å². The van der Waals surface area contributed by atoms with Crippen molar-refractivity contribution in [3.63, 3.8) is 0 Å². The molecule has 0 fully saturated rings. The second kappa shape index (κ2) is 9.33. The molecule has 2 aromatic carbocycles. The Morgan fingerprint density at radius 1 is 0.938 bits per heavy atom. The number of ether oxygens (including phenoxy) is 1. The van der Waals surface area contributed by atoms with Gasteiger partial charge in [-0.2, -0.15) is 31.1 Å². The van der Waals surface area contributed by atoms with E-state index in [0.717, 1.165) is 5.56 Å². The first kappa shape index (κ1) is 25.4. The van der Waals surface area contributed by atoms with Crippen molar-refractivity contribution in [3.8, 4) is 0 Å². The molecule has 12 heteroatoms. The summed E-state index contributed by atoms with van der Waals surface area (Å²) in [7, 11) is -4.35. The monoisotopic (exact) mass is 481 g/mol. The summed E-state index contributed by atoms with van der Waals surface area (Å²) in [4.78, 5) is 11.9. The molecule has 0 radical (unpaired) electrons. The summed E-state index contributed by atoms with van der Waals surface area (Å²) in [5.74, 6) is -2.06. The number of rotatable bonds is 7. The number of nitrogens with one attached hydrogen (secondary N) is 1. The van der Waals surface area contributed by atoms with Crippen LogP contribution in [0.3, 0.4) is 0 Å². The molecule has 32 heavy (non-hydrogen) atoms. The van der Waals surface area contributed by atoms with E-state index in [-0.39, 0.29) is 10.5 Å². The smallest absolute Gasteiger partial charge is 0.434 e. The van der Waals surface area contributed by atoms with E-state index >= 15 is 0 Å². The van der Waals surface area contributed by atoms with Crippen LogP contribution in [0.25, 0.3) is 0 Å². The Morgan fingerprint density at radius 3 is 1.91 bits per heavy atom. The van der Waals surface area contributed by atoms with Gasteiger partial charge in [0.2, 0.25) is 10.0 Å². The quantitative estimate of drug-likeness (QED) is 0.356. The Labute approximate surface area is 179 Å². The van der Waals surface area contributed by atoms with Crippen molar-refractivity contribution in [2.24, 2.45) is 0 Å². The molecule has 0 unspecified atom stereocenters. The normalized spacial score (nSPS) is 13.6. The lowest BCUT2D eigenvalue weighted by Gasteiger charge is -2.25. The van der Waals surface area contributed by atoms with Crippen molar-refractivity contribution in [2.75, 3.05) is 0 Å². The Bertz CT molecular complexity index is 1050. The minimum Gasteiger partial charge on any atom is -0.439 e. The van der Waals surface area contributed by atoms with Gasteiger partial charge in [0, 0.05) is 0 Å². The predicted octanol–water partition coefficient (Wildman–Crippen LogP) is 4.61. The standard InChI is InChI=1S/C20H17F6NO4S/c1-12-8-10-15(11-9-12)32(29,30)27-16(14-6-4-3-5-7-14)13(2)17(28)31-18(19(21,22)23)20(24,25)26/h3-11,16,18,27H,2H2,1H3/t16-/m1/s1. The predicted molar refractivity (Wildman–Crippen MR) is 102 cm³/mol. The molecule has 0 saturated carbocycles. The highest BCUT2D eigenvalue weighted by atomic mass is 32.2. The summed E-state index contributed by atoms with van der Waals surface area (Å²) >= 11 is 0. The SMILES string of the molecule is C=C(C(=O)OC(C(F)(F)F)C(F)(F)F)[C@@H](NS(=O)(=O)c1ccc(C)cc1)c1ccccc1. The minimum atomic E-state index is -5.93. The summed E-state index contributed by atoms with van der Waals surface area (Å²) in [6.45, 7) is 4.90. The number of alkyl halides is 6. The van der Waals surface area contributed by atoms with Crippen LogP contribution in [0.15, 0.2) is 71.6 Å². The van der Waals surface area contributed by atoms with E-state index in [1.807, 2.05) is 0 Å². The summed E-state index contributed by atoms with van der Waals surface area (Å²) in [6, 6.07) is 10.7. The van der Waals surface area contributed by atoms with E-state index in [1.165, 1.54) is 54.6 Å². The molecule has 2 aromatic rings. The van der Waals surface area contributed by atoms with Crippen LogP contribution in [0.5, 0.6) is 0 Å². The van der Waals surface area contributed by atoms with Gasteiger partial charge in [0.05, 0.1) is 16.5 Å². The average molecular weight is 481 g/mol. The number of benzene rings is 2. The maximum Gasteiger partial charge on any atom is 0.434 e. The topological polar surface area (TPSA) is 72.5 Å². The molecule has 0 saturated heterocycles. The van der Waals surface area contributed by atoms with Crippen molar-refractivity contribution >= 4 is 16.0 Å². The molecule has 0 aliphatic carbocycles. The van der Waals surface area contributed by atoms with Crippen molar-refractivity contribution < 1.29 is 44.3 Å². The number of hydrogen-bond acceptors (Lipinski definition) is 4. The van der Waals surface area contributed by atoms with Crippen LogP contribution in [-0.4, -0.2) is 32.8 Å². The fourth-order valence-corrected chi connectivity index (χ4v) is 3.77. The number of esters is 1. The Hall–Kier alpha value is -2.86. The van der Waals surface area contributed by atoms with Crippen LogP contribution < -0.4 is 4.72 Å². The van der Waals surface area contributed by atoms with Gasteiger partial charge in [0.1, 0.15) is 0 Å². The second-order valence-electron chi connectivity index (χ2n) is 6.67. The van der Waals surface area contributed by atoms with Crippen molar-refractivity contribution in [1.82, 2.24) is 4.72 Å². The van der Waals surface area contributed by atoms with Gasteiger partial charge < -0.3 is 4.74 Å². The van der Waals surface area contributed by atoms with Gasteiger partial charge in [-0.3, -0.25) is 0 Å². The van der Waals surface area contributed by atoms with E-state index in [1.54, 1.807) is 6.92 Å². The lowest BCUT2D eigenvalue weighted by molar-refractivity contribution is -0.312. The molecular formula is C20H17F6NO4S. The number of carbonyl (C=O) groups is 1. The van der Waals surface area contributed by atoms with E-state index in [4.69, 9.17) is 0 Å². The van der Waals surface area contributed by atoms with Gasteiger partial charge in [-0.15, -0.1) is 0 Å². The van der Waals surface area contributed by atoms with Gasteiger partial charge in [0.25, 0.3) is 6.10 Å². The van der Waals surface area contributed by atoms with Gasteiger partial charge in [-0.25, -0.2) is 13.2 Å². The Balaban J connectivity index is 2.40. The van der Waals surface area contributed by atoms with Crippen LogP contribution >= 0.6 is 0 Å². The number of hydrogen-bond donors (Lipinski definition) is 1. The maximum atomic E-state index is 12.8. The number of halogens is 6. The highest BCUT2D eigenvalue weighted by molar-refractivity contribution is 7.89. The lowest BCUT2D eigenvalue weighted by Crippen LogP contribution is -2.46. The Kier molecular flexibility index (Phi) is 7.40. The van der Waals surface area contributed by atoms with Crippen LogP contribution in [0, 0.1) is 6.92 Å². The van der Waals surface area contributed by atoms with Crippen LogP contribution in [-0.2, 0) is 19.6 Å². The van der Waals surface area contributed by atoms with Crippen LogP contribution in [0.4, 0.5) is 26.3 Å². The largest absolute Gasteiger partial charge is 0.439 e. The van der Waals surface area contributed by atoms with Gasteiger partial charge in [-0.1, -0.05) is 54.6 Å². The molecule has 0 aliphatic heterocycles. The third-order valence-corrected chi connectivity index (χ3v) is 5.61. The molecular weight excluding hydrogens is 464 g/mol. The lowest BCUT2D eigenvalue weighted by atomic mass is 10.0. The van der Waals surface area contributed by atoms with Gasteiger partial charge in [-0.05, 0) is 24.6 Å². The number of aryl methyl sites for hydroxylation is 1. The summed E-state index contributed by atoms with van der Waals surface area (Å²) in [6.07, 6.45) is -16.3. The number of sulfonamides is 1. The third-order valence-electron chi connectivity index (χ3n) is 4.17. The fraction of sp³-hybridized carbons (Fsp3) is 0.250. The van der Waals surface area contributed by atoms with E-state index in [9.17, 15) is 39.6 Å². The Morgan fingerprint density at radius 2 is 1.44 bits per heavy atom. The zero-order valence-corrected chi connectivity index (χ0v) is 17.2. The molecule has 0 spiro atoms. The van der Waals surface area contributed by atoms with Crippen LogP contribution in [0.2, 0.25) is 0 Å². The molecule has 174 valence electrons. The molecule has 0 aromatic heterocycles. The minimum absolute atomic E-state index is 0.0423. The van der Waals surface area contributed by atoms with Crippen molar-refractivity contribution in [3.05, 3.63) is 77.9 Å². The first-order valence-corrected chi connectivity index (χ1v) is 10.3. The fourth-order valence-electron chi connectivity index (χ4n) is 2.55. The zero-order chi connectivity index (χ0) is 24.3. The second-order valence-corrected chi connectivity index (χ2v) is 8.39. The van der Waals surface area contributed by atoms with Gasteiger partial charge in [0.15, 0.2) is 0 Å². The summed E-state index contributed by atoms with van der Waals surface area (Å²) in [5, 5.41) is 0. The molecule has 0 bridgehead atoms. The third kappa shape index (κ3) is 6.33. The first-order chi connectivity index (χ1) is 14.6. The zero-order valence-electron chi connectivity index (χ0n) is 16.4. The highest BCUT2D eigenvalue weighted by Crippen LogP contribution is 2.37. The molecule has 1 atom stereocenters. The highest BCUT2D eigenvalue weighted by Gasteiger charge is 2.60. The van der Waals surface area contributed by atoms with E-state index in [0.29, 0.717) is 0 Å².